The number of amides is 2. The third-order valence-electron chi connectivity index (χ3n) is 4.96. The summed E-state index contributed by atoms with van der Waals surface area (Å²) in [7, 11) is 0. The van der Waals surface area contributed by atoms with E-state index in [2.05, 4.69) is 16.5 Å². The van der Waals surface area contributed by atoms with Gasteiger partial charge >= 0.3 is 6.03 Å². The van der Waals surface area contributed by atoms with E-state index in [0.717, 1.165) is 5.56 Å². The van der Waals surface area contributed by atoms with Crippen molar-refractivity contribution in [2.45, 2.75) is 33.3 Å². The van der Waals surface area contributed by atoms with E-state index in [4.69, 9.17) is 27.9 Å². The number of rotatable bonds is 6. The third-order valence-corrected chi connectivity index (χ3v) is 5.51. The van der Waals surface area contributed by atoms with Crippen LogP contribution in [0.3, 0.4) is 0 Å². The molecule has 0 aromatic heterocycles. The predicted molar refractivity (Wildman–Crippen MR) is 124 cm³/mol. The average Bonchev–Trinajstić information content (AvgIpc) is 3.17. The molecule has 162 valence electrons. The van der Waals surface area contributed by atoms with Crippen LogP contribution in [0.2, 0.25) is 10.0 Å². The van der Waals surface area contributed by atoms with Crippen molar-refractivity contribution >= 4 is 40.6 Å². The second kappa shape index (κ2) is 10.0. The Morgan fingerprint density at radius 1 is 1.29 bits per heavy atom. The van der Waals surface area contributed by atoms with E-state index >= 15 is 0 Å². The van der Waals surface area contributed by atoms with Crippen molar-refractivity contribution in [3.63, 3.8) is 0 Å². The van der Waals surface area contributed by atoms with Gasteiger partial charge < -0.3 is 10.1 Å². The molecular weight excluding hydrogens is 435 g/mol. The summed E-state index contributed by atoms with van der Waals surface area (Å²) in [6, 6.07) is 14.3. The van der Waals surface area contributed by atoms with Crippen LogP contribution >= 0.6 is 23.2 Å². The summed E-state index contributed by atoms with van der Waals surface area (Å²) >= 11 is 12.3. The number of ether oxygens (including phenoxy) is 1. The highest BCUT2D eigenvalue weighted by Gasteiger charge is 2.36. The first kappa shape index (κ1) is 22.9. The maximum absolute atomic E-state index is 12.9. The van der Waals surface area contributed by atoms with Crippen molar-refractivity contribution in [3.8, 4) is 11.8 Å². The van der Waals surface area contributed by atoms with E-state index in [0.29, 0.717) is 40.2 Å². The minimum Gasteiger partial charge on any atom is -0.489 e. The standard InChI is InChI=1S/C23H24Cl2N4O2/c1-4-15(12-26)19-13-29(28-22(19)16-5-7-17(24)8-6-16)23(30)27-18-9-10-21(20(25)11-18)31-14(2)3/h5-11,14-15,19H,4,13H2,1-3H3,(H,27,30). The maximum Gasteiger partial charge on any atom is 0.342 e. The lowest BCUT2D eigenvalue weighted by Crippen LogP contribution is -2.32. The van der Waals surface area contributed by atoms with Crippen LogP contribution in [-0.4, -0.2) is 29.4 Å². The normalized spacial score (nSPS) is 16.6. The monoisotopic (exact) mass is 458 g/mol. The maximum atomic E-state index is 12.9. The van der Waals surface area contributed by atoms with Crippen LogP contribution in [0.4, 0.5) is 10.5 Å². The molecule has 2 amide bonds. The van der Waals surface area contributed by atoms with Gasteiger partial charge in [0.1, 0.15) is 5.75 Å². The number of halogens is 2. The van der Waals surface area contributed by atoms with Crippen LogP contribution in [0.5, 0.6) is 5.75 Å². The van der Waals surface area contributed by atoms with Crippen LogP contribution in [0.1, 0.15) is 32.8 Å². The molecule has 8 heteroatoms. The minimum atomic E-state index is -0.393. The summed E-state index contributed by atoms with van der Waals surface area (Å²) in [5, 5.41) is 19.4. The molecule has 31 heavy (non-hydrogen) atoms. The van der Waals surface area contributed by atoms with Gasteiger partial charge in [0.25, 0.3) is 0 Å². The second-order valence-corrected chi connectivity index (χ2v) is 8.41. The number of carbonyl (C=O) groups excluding carboxylic acids is 1. The Morgan fingerprint density at radius 2 is 2.00 bits per heavy atom. The lowest BCUT2D eigenvalue weighted by molar-refractivity contribution is 0.213. The molecule has 0 aliphatic carbocycles. The van der Waals surface area contributed by atoms with E-state index in [1.807, 2.05) is 32.9 Å². The fourth-order valence-electron chi connectivity index (χ4n) is 3.44. The summed E-state index contributed by atoms with van der Waals surface area (Å²) in [4.78, 5) is 12.9. The van der Waals surface area contributed by atoms with Gasteiger partial charge in [-0.2, -0.15) is 10.4 Å². The number of benzene rings is 2. The fraction of sp³-hybridized carbons (Fsp3) is 0.348. The van der Waals surface area contributed by atoms with Gasteiger partial charge in [-0.05, 0) is 56.2 Å². The molecule has 0 saturated carbocycles. The fourth-order valence-corrected chi connectivity index (χ4v) is 3.79. The van der Waals surface area contributed by atoms with Crippen LogP contribution < -0.4 is 10.1 Å². The zero-order chi connectivity index (χ0) is 22.5. The first-order valence-corrected chi connectivity index (χ1v) is 10.9. The summed E-state index contributed by atoms with van der Waals surface area (Å²) < 4.78 is 5.62. The zero-order valence-electron chi connectivity index (χ0n) is 17.6. The average molecular weight is 459 g/mol. The molecule has 0 bridgehead atoms. The Balaban J connectivity index is 1.81. The van der Waals surface area contributed by atoms with Crippen molar-refractivity contribution in [1.82, 2.24) is 5.01 Å². The molecule has 2 atom stereocenters. The smallest absolute Gasteiger partial charge is 0.342 e. The lowest BCUT2D eigenvalue weighted by atomic mass is 9.85. The molecule has 0 radical (unpaired) electrons. The first-order chi connectivity index (χ1) is 14.8. The van der Waals surface area contributed by atoms with Crippen molar-refractivity contribution in [2.24, 2.45) is 16.9 Å². The van der Waals surface area contributed by atoms with E-state index in [1.54, 1.807) is 30.3 Å². The van der Waals surface area contributed by atoms with Crippen LogP contribution in [0.15, 0.2) is 47.6 Å². The Morgan fingerprint density at radius 3 is 2.58 bits per heavy atom. The number of nitrogens with one attached hydrogen (secondary N) is 1. The van der Waals surface area contributed by atoms with Gasteiger partial charge in [0.2, 0.25) is 0 Å². The van der Waals surface area contributed by atoms with Crippen molar-refractivity contribution < 1.29 is 9.53 Å². The largest absolute Gasteiger partial charge is 0.489 e. The molecule has 0 fully saturated rings. The lowest BCUT2D eigenvalue weighted by Gasteiger charge is -2.19. The van der Waals surface area contributed by atoms with Gasteiger partial charge in [-0.15, -0.1) is 0 Å². The van der Waals surface area contributed by atoms with Crippen LogP contribution in [-0.2, 0) is 0 Å². The number of urea groups is 1. The summed E-state index contributed by atoms with van der Waals surface area (Å²) in [6.07, 6.45) is 0.655. The predicted octanol–water partition coefficient (Wildman–Crippen LogP) is 6.20. The number of hydrogen-bond donors (Lipinski definition) is 1. The number of anilines is 1. The van der Waals surface area contributed by atoms with Crippen LogP contribution in [0, 0.1) is 23.2 Å². The van der Waals surface area contributed by atoms with Crippen molar-refractivity contribution in [2.75, 3.05) is 11.9 Å². The number of carbonyl (C=O) groups is 1. The molecule has 3 rings (SSSR count). The molecule has 1 N–H and O–H groups in total. The summed E-state index contributed by atoms with van der Waals surface area (Å²) in [5.74, 6) is 0.111. The second-order valence-electron chi connectivity index (χ2n) is 7.57. The molecule has 1 aliphatic heterocycles. The minimum absolute atomic E-state index is 0.00764. The van der Waals surface area contributed by atoms with Gasteiger partial charge in [0.15, 0.2) is 0 Å². The Bertz CT molecular complexity index is 1020. The Kier molecular flexibility index (Phi) is 7.42. The number of hydrogen-bond acceptors (Lipinski definition) is 4. The highest BCUT2D eigenvalue weighted by Crippen LogP contribution is 2.31. The molecule has 1 heterocycles. The van der Waals surface area contributed by atoms with Crippen molar-refractivity contribution in [1.29, 1.82) is 5.26 Å². The first-order valence-electron chi connectivity index (χ1n) is 10.1. The third kappa shape index (κ3) is 5.49. The topological polar surface area (TPSA) is 77.7 Å². The number of nitrogens with zero attached hydrogens (tertiary/aromatic N) is 3. The van der Waals surface area contributed by atoms with E-state index in [-0.39, 0.29) is 17.9 Å². The summed E-state index contributed by atoms with van der Waals surface area (Å²) in [6.45, 7) is 6.10. The summed E-state index contributed by atoms with van der Waals surface area (Å²) in [5.41, 5.74) is 2.08. The highest BCUT2D eigenvalue weighted by molar-refractivity contribution is 6.32. The molecule has 1 aliphatic rings. The molecule has 6 nitrogen and oxygen atoms in total. The van der Waals surface area contributed by atoms with Gasteiger partial charge in [-0.25, -0.2) is 9.80 Å². The number of hydrazone groups is 1. The van der Waals surface area contributed by atoms with E-state index in [9.17, 15) is 10.1 Å². The highest BCUT2D eigenvalue weighted by atomic mass is 35.5. The molecule has 2 aromatic carbocycles. The Labute approximate surface area is 192 Å². The van der Waals surface area contributed by atoms with Crippen LogP contribution in [0.25, 0.3) is 0 Å². The van der Waals surface area contributed by atoms with Gasteiger partial charge in [-0.3, -0.25) is 0 Å². The van der Waals surface area contributed by atoms with E-state index < -0.39 is 6.03 Å². The molecule has 0 spiro atoms. The van der Waals surface area contributed by atoms with Gasteiger partial charge in [0, 0.05) is 16.6 Å². The van der Waals surface area contributed by atoms with E-state index in [1.165, 1.54) is 5.01 Å². The SMILES string of the molecule is CCC(C#N)C1CN(C(=O)Nc2ccc(OC(C)C)c(Cl)c2)N=C1c1ccc(Cl)cc1. The molecule has 0 saturated heterocycles. The van der Waals surface area contributed by atoms with Crippen molar-refractivity contribution in [3.05, 3.63) is 58.1 Å². The Hall–Kier alpha value is -2.75. The quantitative estimate of drug-likeness (QED) is 0.559. The number of nitriles is 1. The van der Waals surface area contributed by atoms with Gasteiger partial charge in [-0.1, -0.05) is 42.3 Å². The molecular formula is C23H24Cl2N4O2. The molecule has 2 aromatic rings. The molecule has 2 unspecified atom stereocenters. The zero-order valence-corrected chi connectivity index (χ0v) is 19.1. The van der Waals surface area contributed by atoms with Gasteiger partial charge in [0.05, 0.1) is 35.4 Å².